The van der Waals surface area contributed by atoms with Crippen LogP contribution >= 0.6 is 11.6 Å². The zero-order valence-corrected chi connectivity index (χ0v) is 7.22. The van der Waals surface area contributed by atoms with Gasteiger partial charge < -0.3 is 4.74 Å². The molecule has 1 aromatic carbocycles. The molecule has 0 aliphatic carbocycles. The number of nitrogens with one attached hydrogen (secondary N) is 1. The molecule has 0 fully saturated rings. The maximum atomic E-state index is 6.00. The molecule has 0 unspecified atom stereocenters. The van der Waals surface area contributed by atoms with Gasteiger partial charge in [-0.15, -0.1) is 0 Å². The van der Waals surface area contributed by atoms with E-state index in [2.05, 4.69) is 10.2 Å². The minimum Gasteiger partial charge on any atom is -0.495 e. The van der Waals surface area contributed by atoms with Gasteiger partial charge >= 0.3 is 0 Å². The summed E-state index contributed by atoms with van der Waals surface area (Å²) in [5.74, 6) is 0.672. The Morgan fingerprint density at radius 1 is 1.50 bits per heavy atom. The summed E-state index contributed by atoms with van der Waals surface area (Å²) in [6.07, 6.45) is 1.68. The van der Waals surface area contributed by atoms with E-state index in [9.17, 15) is 0 Å². The topological polar surface area (TPSA) is 37.9 Å². The number of ether oxygens (including phenoxy) is 1. The lowest BCUT2D eigenvalue weighted by Crippen LogP contribution is -1.83. The molecule has 3 nitrogen and oxygen atoms in total. The Hall–Kier alpha value is -1.22. The lowest BCUT2D eigenvalue weighted by Gasteiger charge is -2.01. The number of hydrogen-bond donors (Lipinski definition) is 1. The molecule has 1 aromatic heterocycles. The monoisotopic (exact) mass is 182 g/mol. The Labute approximate surface area is 74.3 Å². The van der Waals surface area contributed by atoms with E-state index in [1.807, 2.05) is 12.1 Å². The molecule has 62 valence electrons. The quantitative estimate of drug-likeness (QED) is 0.735. The van der Waals surface area contributed by atoms with Crippen molar-refractivity contribution in [3.05, 3.63) is 23.4 Å². The van der Waals surface area contributed by atoms with Gasteiger partial charge in [0.2, 0.25) is 0 Å². The average molecular weight is 183 g/mol. The summed E-state index contributed by atoms with van der Waals surface area (Å²) in [4.78, 5) is 0. The van der Waals surface area contributed by atoms with Gasteiger partial charge in [0.15, 0.2) is 0 Å². The summed E-state index contributed by atoms with van der Waals surface area (Å²) < 4.78 is 5.05. The third-order valence-electron chi connectivity index (χ3n) is 1.74. The average Bonchev–Trinajstić information content (AvgIpc) is 2.53. The molecule has 0 radical (unpaired) electrons. The Balaban J connectivity index is 2.78. The summed E-state index contributed by atoms with van der Waals surface area (Å²) >= 11 is 6.00. The molecule has 12 heavy (non-hydrogen) atoms. The van der Waals surface area contributed by atoms with Crippen LogP contribution in [0.15, 0.2) is 18.3 Å². The molecule has 2 aromatic rings. The number of fused-ring (bicyclic) bond motifs is 1. The number of aromatic nitrogens is 2. The van der Waals surface area contributed by atoms with Crippen molar-refractivity contribution in [2.75, 3.05) is 7.11 Å². The first-order chi connectivity index (χ1) is 5.83. The van der Waals surface area contributed by atoms with Crippen molar-refractivity contribution in [3.8, 4) is 5.75 Å². The number of nitrogens with zero attached hydrogens (tertiary/aromatic N) is 1. The van der Waals surface area contributed by atoms with Gasteiger partial charge in [0, 0.05) is 5.39 Å². The van der Waals surface area contributed by atoms with Crippen molar-refractivity contribution in [2.24, 2.45) is 0 Å². The minimum atomic E-state index is 0.601. The molecular weight excluding hydrogens is 176 g/mol. The molecule has 0 aliphatic rings. The van der Waals surface area contributed by atoms with Crippen molar-refractivity contribution in [2.45, 2.75) is 0 Å². The van der Waals surface area contributed by atoms with Crippen molar-refractivity contribution in [3.63, 3.8) is 0 Å². The van der Waals surface area contributed by atoms with Gasteiger partial charge in [0.05, 0.1) is 23.8 Å². The van der Waals surface area contributed by atoms with Gasteiger partial charge in [-0.1, -0.05) is 11.6 Å². The summed E-state index contributed by atoms with van der Waals surface area (Å²) in [6, 6.07) is 3.69. The maximum absolute atomic E-state index is 6.00. The molecule has 1 N–H and O–H groups in total. The van der Waals surface area contributed by atoms with Crippen LogP contribution in [0.3, 0.4) is 0 Å². The first-order valence-electron chi connectivity index (χ1n) is 3.48. The molecule has 0 saturated carbocycles. The van der Waals surface area contributed by atoms with E-state index in [0.717, 1.165) is 10.9 Å². The van der Waals surface area contributed by atoms with Crippen LogP contribution in [-0.2, 0) is 0 Å². The van der Waals surface area contributed by atoms with Crippen LogP contribution < -0.4 is 4.74 Å². The molecule has 0 aliphatic heterocycles. The predicted molar refractivity (Wildman–Crippen MR) is 47.7 cm³/mol. The first kappa shape index (κ1) is 7.43. The maximum Gasteiger partial charge on any atom is 0.138 e. The third kappa shape index (κ3) is 0.940. The van der Waals surface area contributed by atoms with Crippen molar-refractivity contribution >= 4 is 22.5 Å². The van der Waals surface area contributed by atoms with E-state index in [1.165, 1.54) is 0 Å². The van der Waals surface area contributed by atoms with Gasteiger partial charge in [-0.25, -0.2) is 0 Å². The second-order valence-corrected chi connectivity index (χ2v) is 2.79. The highest BCUT2D eigenvalue weighted by Crippen LogP contribution is 2.30. The summed E-state index contributed by atoms with van der Waals surface area (Å²) in [5.41, 5.74) is 0.917. The predicted octanol–water partition coefficient (Wildman–Crippen LogP) is 2.22. The van der Waals surface area contributed by atoms with Crippen LogP contribution in [0.4, 0.5) is 0 Å². The number of hydrogen-bond acceptors (Lipinski definition) is 2. The van der Waals surface area contributed by atoms with Crippen LogP contribution in [0, 0.1) is 0 Å². The summed E-state index contributed by atoms with van der Waals surface area (Å²) in [5, 5.41) is 8.18. The highest BCUT2D eigenvalue weighted by molar-refractivity contribution is 6.36. The van der Waals surface area contributed by atoms with E-state index in [1.54, 1.807) is 13.3 Å². The fraction of sp³-hybridized carbons (Fsp3) is 0.125. The largest absolute Gasteiger partial charge is 0.495 e. The van der Waals surface area contributed by atoms with Crippen molar-refractivity contribution in [1.29, 1.82) is 0 Å². The fourth-order valence-corrected chi connectivity index (χ4v) is 1.41. The molecule has 0 spiro atoms. The van der Waals surface area contributed by atoms with Crippen molar-refractivity contribution < 1.29 is 4.74 Å². The number of aromatic amines is 1. The van der Waals surface area contributed by atoms with Gasteiger partial charge in [0.25, 0.3) is 0 Å². The number of H-pyrrole nitrogens is 1. The van der Waals surface area contributed by atoms with Crippen LogP contribution in [0.2, 0.25) is 5.02 Å². The molecule has 2 rings (SSSR count). The number of halogens is 1. The molecule has 0 amide bonds. The summed E-state index contributed by atoms with van der Waals surface area (Å²) in [6.45, 7) is 0. The number of rotatable bonds is 1. The molecular formula is C8H7ClN2O. The van der Waals surface area contributed by atoms with Crippen LogP contribution in [-0.4, -0.2) is 17.3 Å². The first-order valence-corrected chi connectivity index (χ1v) is 3.86. The smallest absolute Gasteiger partial charge is 0.138 e. The minimum absolute atomic E-state index is 0.601. The molecule has 0 bridgehead atoms. The molecule has 1 heterocycles. The number of benzene rings is 1. The van der Waals surface area contributed by atoms with E-state index < -0.39 is 0 Å². The lowest BCUT2D eigenvalue weighted by molar-refractivity contribution is 0.415. The zero-order chi connectivity index (χ0) is 8.55. The van der Waals surface area contributed by atoms with E-state index in [0.29, 0.717) is 10.8 Å². The lowest BCUT2D eigenvalue weighted by atomic mass is 10.2. The van der Waals surface area contributed by atoms with Crippen LogP contribution in [0.1, 0.15) is 0 Å². The zero-order valence-electron chi connectivity index (χ0n) is 6.47. The molecule has 4 heteroatoms. The second-order valence-electron chi connectivity index (χ2n) is 2.41. The highest BCUT2D eigenvalue weighted by atomic mass is 35.5. The Morgan fingerprint density at radius 2 is 2.33 bits per heavy atom. The summed E-state index contributed by atoms with van der Waals surface area (Å²) in [7, 11) is 1.59. The number of methoxy groups -OCH3 is 1. The van der Waals surface area contributed by atoms with E-state index in [-0.39, 0.29) is 0 Å². The Morgan fingerprint density at radius 3 is 3.08 bits per heavy atom. The van der Waals surface area contributed by atoms with Crippen LogP contribution in [0.5, 0.6) is 5.75 Å². The van der Waals surface area contributed by atoms with Gasteiger partial charge in [-0.2, -0.15) is 5.10 Å². The van der Waals surface area contributed by atoms with Crippen molar-refractivity contribution in [1.82, 2.24) is 10.2 Å². The standard InChI is InChI=1S/C8H7ClN2O/c1-12-7-3-2-6-5(8(7)9)4-10-11-6/h2-4H,1H3,(H,10,11). The third-order valence-corrected chi connectivity index (χ3v) is 2.13. The Bertz CT molecular complexity index is 410. The SMILES string of the molecule is COc1ccc2[nH]ncc2c1Cl. The van der Waals surface area contributed by atoms with Gasteiger partial charge in [-0.05, 0) is 12.1 Å². The Kier molecular flexibility index (Phi) is 1.66. The van der Waals surface area contributed by atoms with E-state index in [4.69, 9.17) is 16.3 Å². The second kappa shape index (κ2) is 2.68. The van der Waals surface area contributed by atoms with Gasteiger partial charge in [0.1, 0.15) is 5.75 Å². The normalized spacial score (nSPS) is 10.5. The van der Waals surface area contributed by atoms with E-state index >= 15 is 0 Å². The van der Waals surface area contributed by atoms with Crippen LogP contribution in [0.25, 0.3) is 10.9 Å². The fourth-order valence-electron chi connectivity index (χ4n) is 1.12. The molecule has 0 saturated heterocycles. The highest BCUT2D eigenvalue weighted by Gasteiger charge is 2.05. The van der Waals surface area contributed by atoms with Gasteiger partial charge in [-0.3, -0.25) is 5.10 Å². The molecule has 0 atom stereocenters.